The lowest BCUT2D eigenvalue weighted by atomic mass is 10.2. The van der Waals surface area contributed by atoms with Gasteiger partial charge in [0.1, 0.15) is 5.75 Å². The maximum Gasteiger partial charge on any atom is 0.262 e. The summed E-state index contributed by atoms with van der Waals surface area (Å²) in [6, 6.07) is 14.3. The second-order valence-corrected chi connectivity index (χ2v) is 6.60. The maximum absolute atomic E-state index is 12.3. The molecule has 0 aliphatic heterocycles. The number of nitriles is 1. The van der Waals surface area contributed by atoms with Gasteiger partial charge in [0.15, 0.2) is 18.1 Å². The van der Waals surface area contributed by atoms with E-state index in [1.165, 1.54) is 12.8 Å². The maximum atomic E-state index is 12.3. The van der Waals surface area contributed by atoms with Crippen molar-refractivity contribution in [3.8, 4) is 23.3 Å². The Hall–Kier alpha value is -3.20. The molecule has 1 N–H and O–H groups in total. The van der Waals surface area contributed by atoms with Gasteiger partial charge in [0, 0.05) is 17.8 Å². The average Bonchev–Trinajstić information content (AvgIpc) is 3.20. The Balaban J connectivity index is 1.56. The highest BCUT2D eigenvalue weighted by atomic mass is 16.5. The van der Waals surface area contributed by atoms with Gasteiger partial charge in [-0.15, -0.1) is 0 Å². The zero-order valence-electron chi connectivity index (χ0n) is 15.9. The van der Waals surface area contributed by atoms with Crippen LogP contribution in [0.3, 0.4) is 0 Å². The molecule has 0 saturated heterocycles. The summed E-state index contributed by atoms with van der Waals surface area (Å²) in [5.74, 6) is 1.34. The standard InChI is InChI=1S/C22H24N2O4/c1-2-26-21-12-16(14-23)10-11-20(21)27-15-22(25)24-17-6-5-9-19(13-17)28-18-7-3-4-8-18/h5-6,9-13,18H,2-4,7-8,15H2,1H3,(H,24,25). The summed E-state index contributed by atoms with van der Waals surface area (Å²) >= 11 is 0. The number of hydrogen-bond donors (Lipinski definition) is 1. The van der Waals surface area contributed by atoms with Gasteiger partial charge in [-0.25, -0.2) is 0 Å². The zero-order chi connectivity index (χ0) is 19.8. The van der Waals surface area contributed by atoms with Crippen molar-refractivity contribution in [2.75, 3.05) is 18.5 Å². The molecule has 1 amide bonds. The molecule has 0 aromatic heterocycles. The van der Waals surface area contributed by atoms with E-state index in [0.717, 1.165) is 18.6 Å². The summed E-state index contributed by atoms with van der Waals surface area (Å²) in [4.78, 5) is 12.3. The van der Waals surface area contributed by atoms with Gasteiger partial charge in [-0.05, 0) is 56.9 Å². The van der Waals surface area contributed by atoms with Crippen molar-refractivity contribution in [3.63, 3.8) is 0 Å². The normalized spacial score (nSPS) is 13.6. The smallest absolute Gasteiger partial charge is 0.262 e. The number of rotatable bonds is 8. The fourth-order valence-corrected chi connectivity index (χ4v) is 3.15. The minimum Gasteiger partial charge on any atom is -0.490 e. The Labute approximate surface area is 165 Å². The van der Waals surface area contributed by atoms with Gasteiger partial charge >= 0.3 is 0 Å². The van der Waals surface area contributed by atoms with Gasteiger partial charge < -0.3 is 19.5 Å². The van der Waals surface area contributed by atoms with E-state index >= 15 is 0 Å². The quantitative estimate of drug-likeness (QED) is 0.739. The van der Waals surface area contributed by atoms with E-state index in [2.05, 4.69) is 11.4 Å². The van der Waals surface area contributed by atoms with Gasteiger partial charge in [-0.1, -0.05) is 6.07 Å². The predicted molar refractivity (Wildman–Crippen MR) is 106 cm³/mol. The molecule has 1 saturated carbocycles. The Kier molecular flexibility index (Phi) is 6.74. The van der Waals surface area contributed by atoms with Crippen LogP contribution in [0.5, 0.6) is 17.2 Å². The molecule has 2 aromatic carbocycles. The second kappa shape index (κ2) is 9.65. The highest BCUT2D eigenvalue weighted by molar-refractivity contribution is 5.92. The van der Waals surface area contributed by atoms with E-state index in [1.54, 1.807) is 18.2 Å². The molecule has 28 heavy (non-hydrogen) atoms. The lowest BCUT2D eigenvalue weighted by Gasteiger charge is -2.14. The number of amides is 1. The van der Waals surface area contributed by atoms with Crippen LogP contribution >= 0.6 is 0 Å². The first-order valence-electron chi connectivity index (χ1n) is 9.54. The van der Waals surface area contributed by atoms with Crippen LogP contribution in [-0.4, -0.2) is 25.2 Å². The third kappa shape index (κ3) is 5.40. The highest BCUT2D eigenvalue weighted by Gasteiger charge is 2.16. The summed E-state index contributed by atoms with van der Waals surface area (Å²) in [5, 5.41) is 11.8. The molecule has 0 unspecified atom stereocenters. The first kappa shape index (κ1) is 19.6. The van der Waals surface area contributed by atoms with Crippen LogP contribution in [0.25, 0.3) is 0 Å². The molecule has 2 aromatic rings. The van der Waals surface area contributed by atoms with E-state index in [1.807, 2.05) is 31.2 Å². The minimum atomic E-state index is -0.287. The lowest BCUT2D eigenvalue weighted by Crippen LogP contribution is -2.20. The fraction of sp³-hybridized carbons (Fsp3) is 0.364. The number of ether oxygens (including phenoxy) is 3. The lowest BCUT2D eigenvalue weighted by molar-refractivity contribution is -0.118. The number of nitrogens with one attached hydrogen (secondary N) is 1. The number of nitrogens with zero attached hydrogens (tertiary/aromatic N) is 1. The highest BCUT2D eigenvalue weighted by Crippen LogP contribution is 2.29. The molecule has 146 valence electrons. The molecule has 1 fully saturated rings. The SMILES string of the molecule is CCOc1cc(C#N)ccc1OCC(=O)Nc1cccc(OC2CCCC2)c1. The molecular weight excluding hydrogens is 356 g/mol. The van der Waals surface area contributed by atoms with Gasteiger partial charge in [0.25, 0.3) is 5.91 Å². The van der Waals surface area contributed by atoms with Crippen LogP contribution < -0.4 is 19.5 Å². The number of carbonyl (C=O) groups is 1. The summed E-state index contributed by atoms with van der Waals surface area (Å²) in [6.45, 7) is 2.11. The number of benzene rings is 2. The first-order chi connectivity index (χ1) is 13.7. The summed E-state index contributed by atoms with van der Waals surface area (Å²) in [7, 11) is 0. The molecule has 0 bridgehead atoms. The first-order valence-corrected chi connectivity index (χ1v) is 9.54. The molecule has 1 aliphatic carbocycles. The third-order valence-corrected chi connectivity index (χ3v) is 4.45. The molecule has 0 heterocycles. The summed E-state index contributed by atoms with van der Waals surface area (Å²) in [6.07, 6.45) is 4.84. The Morgan fingerprint density at radius 3 is 2.71 bits per heavy atom. The minimum absolute atomic E-state index is 0.167. The molecule has 0 atom stereocenters. The summed E-state index contributed by atoms with van der Waals surface area (Å²) in [5.41, 5.74) is 1.13. The van der Waals surface area contributed by atoms with E-state index in [4.69, 9.17) is 19.5 Å². The average molecular weight is 380 g/mol. The topological polar surface area (TPSA) is 80.6 Å². The van der Waals surface area contributed by atoms with Crippen LogP contribution in [0, 0.1) is 11.3 Å². The van der Waals surface area contributed by atoms with Gasteiger partial charge in [0.2, 0.25) is 0 Å². The van der Waals surface area contributed by atoms with Crippen LogP contribution in [0.2, 0.25) is 0 Å². The van der Waals surface area contributed by atoms with E-state index < -0.39 is 0 Å². The number of carbonyl (C=O) groups excluding carboxylic acids is 1. The largest absolute Gasteiger partial charge is 0.490 e. The van der Waals surface area contributed by atoms with Crippen LogP contribution in [0.15, 0.2) is 42.5 Å². The number of anilines is 1. The van der Waals surface area contributed by atoms with Crippen molar-refractivity contribution >= 4 is 11.6 Å². The third-order valence-electron chi connectivity index (χ3n) is 4.45. The van der Waals surface area contributed by atoms with Crippen LogP contribution in [-0.2, 0) is 4.79 Å². The second-order valence-electron chi connectivity index (χ2n) is 6.60. The van der Waals surface area contributed by atoms with Crippen molar-refractivity contribution in [3.05, 3.63) is 48.0 Å². The Morgan fingerprint density at radius 1 is 1.14 bits per heavy atom. The molecule has 1 aliphatic rings. The van der Waals surface area contributed by atoms with Gasteiger partial charge in [-0.3, -0.25) is 4.79 Å². The molecule has 6 nitrogen and oxygen atoms in total. The summed E-state index contributed by atoms with van der Waals surface area (Å²) < 4.78 is 17.0. The van der Waals surface area contributed by atoms with Crippen LogP contribution in [0.4, 0.5) is 5.69 Å². The van der Waals surface area contributed by atoms with E-state index in [0.29, 0.717) is 29.4 Å². The Morgan fingerprint density at radius 2 is 1.96 bits per heavy atom. The van der Waals surface area contributed by atoms with Crippen molar-refractivity contribution < 1.29 is 19.0 Å². The molecule has 3 rings (SSSR count). The fourth-order valence-electron chi connectivity index (χ4n) is 3.15. The predicted octanol–water partition coefficient (Wildman–Crippen LogP) is 4.30. The van der Waals surface area contributed by atoms with Crippen molar-refractivity contribution in [1.82, 2.24) is 0 Å². The van der Waals surface area contributed by atoms with Crippen LogP contribution in [0.1, 0.15) is 38.2 Å². The van der Waals surface area contributed by atoms with Crippen molar-refractivity contribution in [1.29, 1.82) is 5.26 Å². The molecule has 6 heteroatoms. The van der Waals surface area contributed by atoms with Crippen molar-refractivity contribution in [2.45, 2.75) is 38.7 Å². The Bertz CT molecular complexity index is 854. The molecular formula is C22H24N2O4. The monoisotopic (exact) mass is 380 g/mol. The number of hydrogen-bond acceptors (Lipinski definition) is 5. The van der Waals surface area contributed by atoms with Crippen molar-refractivity contribution in [2.24, 2.45) is 0 Å². The van der Waals surface area contributed by atoms with Gasteiger partial charge in [0.05, 0.1) is 24.3 Å². The van der Waals surface area contributed by atoms with E-state index in [9.17, 15) is 4.79 Å². The molecule has 0 spiro atoms. The zero-order valence-corrected chi connectivity index (χ0v) is 15.9. The van der Waals surface area contributed by atoms with Gasteiger partial charge in [-0.2, -0.15) is 5.26 Å². The van der Waals surface area contributed by atoms with E-state index in [-0.39, 0.29) is 18.6 Å². The molecule has 0 radical (unpaired) electrons.